The summed E-state index contributed by atoms with van der Waals surface area (Å²) in [6, 6.07) is 6.02. The van der Waals surface area contributed by atoms with Crippen LogP contribution in [0.3, 0.4) is 0 Å². The second kappa shape index (κ2) is 7.92. The maximum atomic E-state index is 12.9. The highest BCUT2D eigenvalue weighted by Crippen LogP contribution is 2.16. The van der Waals surface area contributed by atoms with Gasteiger partial charge in [0.25, 0.3) is 0 Å². The van der Waals surface area contributed by atoms with Gasteiger partial charge in [-0.2, -0.15) is 0 Å². The van der Waals surface area contributed by atoms with Crippen molar-refractivity contribution in [3.05, 3.63) is 35.6 Å². The summed E-state index contributed by atoms with van der Waals surface area (Å²) in [5.41, 5.74) is 0.711. The normalized spacial score (nSPS) is 20.9. The molecule has 2 fully saturated rings. The monoisotopic (exact) mass is 337 g/mol. The van der Waals surface area contributed by atoms with Crippen molar-refractivity contribution in [2.24, 2.45) is 0 Å². The number of piperazine rings is 1. The second-order valence-electron chi connectivity index (χ2n) is 6.24. The van der Waals surface area contributed by atoms with Crippen molar-refractivity contribution in [2.75, 3.05) is 59.0 Å². The summed E-state index contributed by atoms with van der Waals surface area (Å²) < 4.78 is 18.2. The molecular weight excluding hydrogens is 313 g/mol. The Bertz CT molecular complexity index is 541. The van der Waals surface area contributed by atoms with Gasteiger partial charge in [0.2, 0.25) is 0 Å². The third-order valence-electron chi connectivity index (χ3n) is 4.61. The number of β-amino-alcohol motifs (C(OH)–C–C–N with tert-alkyl or cyclic N) is 1. The summed E-state index contributed by atoms with van der Waals surface area (Å²) in [6.45, 7) is 5.79. The van der Waals surface area contributed by atoms with Crippen LogP contribution in [-0.2, 0) is 4.74 Å². The van der Waals surface area contributed by atoms with E-state index in [-0.39, 0.29) is 11.8 Å². The molecule has 1 atom stereocenters. The molecule has 0 aliphatic carbocycles. The lowest BCUT2D eigenvalue weighted by molar-refractivity contribution is 0.0335. The summed E-state index contributed by atoms with van der Waals surface area (Å²) >= 11 is 0. The van der Waals surface area contributed by atoms with E-state index in [2.05, 4.69) is 4.90 Å². The minimum Gasteiger partial charge on any atom is -0.387 e. The average molecular weight is 337 g/mol. The predicted octanol–water partition coefficient (Wildman–Crippen LogP) is 0.929. The fourth-order valence-electron chi connectivity index (χ4n) is 3.11. The highest BCUT2D eigenvalue weighted by molar-refractivity contribution is 5.74. The van der Waals surface area contributed by atoms with Gasteiger partial charge in [0, 0.05) is 45.8 Å². The quantitative estimate of drug-likeness (QED) is 0.892. The van der Waals surface area contributed by atoms with Crippen LogP contribution < -0.4 is 0 Å². The van der Waals surface area contributed by atoms with Crippen LogP contribution in [0.25, 0.3) is 0 Å². The van der Waals surface area contributed by atoms with E-state index in [1.54, 1.807) is 12.1 Å². The van der Waals surface area contributed by atoms with Gasteiger partial charge in [0.15, 0.2) is 0 Å². The van der Waals surface area contributed by atoms with E-state index in [9.17, 15) is 14.3 Å². The fraction of sp³-hybridized carbons (Fsp3) is 0.588. The van der Waals surface area contributed by atoms with Crippen molar-refractivity contribution >= 4 is 6.03 Å². The van der Waals surface area contributed by atoms with E-state index in [1.165, 1.54) is 12.1 Å². The van der Waals surface area contributed by atoms with Gasteiger partial charge in [-0.15, -0.1) is 0 Å². The minimum atomic E-state index is -0.646. The average Bonchev–Trinajstić information content (AvgIpc) is 2.63. The highest BCUT2D eigenvalue weighted by atomic mass is 19.1. The third kappa shape index (κ3) is 4.23. The Balaban J connectivity index is 1.46. The van der Waals surface area contributed by atoms with Crippen LogP contribution in [0.2, 0.25) is 0 Å². The Labute approximate surface area is 141 Å². The van der Waals surface area contributed by atoms with E-state index in [0.717, 1.165) is 13.1 Å². The summed E-state index contributed by atoms with van der Waals surface area (Å²) in [5, 5.41) is 10.3. The zero-order valence-corrected chi connectivity index (χ0v) is 13.7. The molecule has 3 rings (SSSR count). The molecule has 2 amide bonds. The van der Waals surface area contributed by atoms with Gasteiger partial charge < -0.3 is 19.6 Å². The van der Waals surface area contributed by atoms with Crippen LogP contribution >= 0.6 is 0 Å². The first kappa shape index (κ1) is 17.1. The van der Waals surface area contributed by atoms with Crippen molar-refractivity contribution in [3.63, 3.8) is 0 Å². The third-order valence-corrected chi connectivity index (χ3v) is 4.61. The predicted molar refractivity (Wildman–Crippen MR) is 87.2 cm³/mol. The Morgan fingerprint density at radius 2 is 1.62 bits per heavy atom. The van der Waals surface area contributed by atoms with Crippen molar-refractivity contribution in [1.29, 1.82) is 0 Å². The Kier molecular flexibility index (Phi) is 5.65. The Hall–Kier alpha value is -1.70. The van der Waals surface area contributed by atoms with Crippen LogP contribution in [0.5, 0.6) is 0 Å². The number of carbonyl (C=O) groups is 1. The zero-order valence-electron chi connectivity index (χ0n) is 13.7. The molecule has 7 heteroatoms. The molecule has 6 nitrogen and oxygen atoms in total. The fourth-order valence-corrected chi connectivity index (χ4v) is 3.11. The molecular formula is C17H24FN3O3. The highest BCUT2D eigenvalue weighted by Gasteiger charge is 2.27. The number of urea groups is 1. The maximum absolute atomic E-state index is 12.9. The zero-order chi connectivity index (χ0) is 16.9. The van der Waals surface area contributed by atoms with E-state index in [0.29, 0.717) is 51.5 Å². The van der Waals surface area contributed by atoms with Crippen molar-refractivity contribution < 1.29 is 19.0 Å². The van der Waals surface area contributed by atoms with Gasteiger partial charge in [-0.1, -0.05) is 12.1 Å². The van der Waals surface area contributed by atoms with Gasteiger partial charge in [0.05, 0.1) is 19.3 Å². The second-order valence-corrected chi connectivity index (χ2v) is 6.24. The number of aliphatic hydroxyl groups is 1. The van der Waals surface area contributed by atoms with Gasteiger partial charge in [-0.25, -0.2) is 9.18 Å². The number of aliphatic hydroxyl groups excluding tert-OH is 1. The topological polar surface area (TPSA) is 56.2 Å². The van der Waals surface area contributed by atoms with E-state index >= 15 is 0 Å². The summed E-state index contributed by atoms with van der Waals surface area (Å²) in [5.74, 6) is -0.304. The largest absolute Gasteiger partial charge is 0.387 e. The molecule has 0 bridgehead atoms. The maximum Gasteiger partial charge on any atom is 0.320 e. The molecule has 0 radical (unpaired) electrons. The minimum absolute atomic E-state index is 0.0806. The number of ether oxygens (including phenoxy) is 1. The molecule has 132 valence electrons. The van der Waals surface area contributed by atoms with E-state index in [4.69, 9.17) is 4.74 Å². The van der Waals surface area contributed by atoms with Gasteiger partial charge in [-0.3, -0.25) is 4.90 Å². The molecule has 2 heterocycles. The van der Waals surface area contributed by atoms with Crippen LogP contribution in [0.4, 0.5) is 9.18 Å². The SMILES string of the molecule is O=C(N1CCOCC1)N1CCN(C[C@@H](O)c2ccc(F)cc2)CC1. The van der Waals surface area contributed by atoms with Gasteiger partial charge >= 0.3 is 6.03 Å². The molecule has 1 aromatic carbocycles. The molecule has 2 aliphatic heterocycles. The first-order valence-corrected chi connectivity index (χ1v) is 8.41. The lowest BCUT2D eigenvalue weighted by atomic mass is 10.1. The first-order valence-electron chi connectivity index (χ1n) is 8.41. The molecule has 2 aliphatic rings. The number of halogens is 1. The molecule has 24 heavy (non-hydrogen) atoms. The number of amides is 2. The summed E-state index contributed by atoms with van der Waals surface area (Å²) in [6.07, 6.45) is -0.646. The summed E-state index contributed by atoms with van der Waals surface area (Å²) in [4.78, 5) is 18.3. The molecule has 0 unspecified atom stereocenters. The van der Waals surface area contributed by atoms with Crippen molar-refractivity contribution in [3.8, 4) is 0 Å². The van der Waals surface area contributed by atoms with Crippen LogP contribution in [0.1, 0.15) is 11.7 Å². The first-order chi connectivity index (χ1) is 11.6. The number of carbonyl (C=O) groups excluding carboxylic acids is 1. The molecule has 0 aromatic heterocycles. The van der Waals surface area contributed by atoms with Crippen molar-refractivity contribution in [1.82, 2.24) is 14.7 Å². The molecule has 0 saturated carbocycles. The lowest BCUT2D eigenvalue weighted by Gasteiger charge is -2.39. The number of morpholine rings is 1. The van der Waals surface area contributed by atoms with Crippen LogP contribution in [0.15, 0.2) is 24.3 Å². The Morgan fingerprint density at radius 3 is 2.25 bits per heavy atom. The van der Waals surface area contributed by atoms with Crippen LogP contribution in [0, 0.1) is 5.82 Å². The number of rotatable bonds is 3. The van der Waals surface area contributed by atoms with E-state index < -0.39 is 6.10 Å². The van der Waals surface area contributed by atoms with Crippen LogP contribution in [-0.4, -0.2) is 84.9 Å². The smallest absolute Gasteiger partial charge is 0.320 e. The summed E-state index contributed by atoms with van der Waals surface area (Å²) in [7, 11) is 0. The molecule has 2 saturated heterocycles. The molecule has 0 spiro atoms. The van der Waals surface area contributed by atoms with E-state index in [1.807, 2.05) is 9.80 Å². The Morgan fingerprint density at radius 1 is 1.04 bits per heavy atom. The van der Waals surface area contributed by atoms with Crippen molar-refractivity contribution in [2.45, 2.75) is 6.10 Å². The standard InChI is InChI=1S/C17H24FN3O3/c18-15-3-1-14(2-4-15)16(22)13-19-5-7-20(8-6-19)17(23)21-9-11-24-12-10-21/h1-4,16,22H,5-13H2/t16-/m1/s1. The van der Waals surface area contributed by atoms with Gasteiger partial charge in [-0.05, 0) is 17.7 Å². The molecule has 1 aromatic rings. The molecule has 1 N–H and O–H groups in total. The number of benzene rings is 1. The van der Waals surface area contributed by atoms with Gasteiger partial charge in [0.1, 0.15) is 5.82 Å². The number of nitrogens with zero attached hydrogens (tertiary/aromatic N) is 3. The lowest BCUT2D eigenvalue weighted by Crippen LogP contribution is -2.55. The number of hydrogen-bond acceptors (Lipinski definition) is 4. The number of hydrogen-bond donors (Lipinski definition) is 1.